The molecule has 5 nitrogen and oxygen atoms in total. The van der Waals surface area contributed by atoms with E-state index < -0.39 is 0 Å². The number of hydrogen-bond donors (Lipinski definition) is 0. The smallest absolute Gasteiger partial charge is 0.410 e. The number of amides is 1. The van der Waals surface area contributed by atoms with Crippen LogP contribution in [0.5, 0.6) is 11.5 Å². The monoisotopic (exact) mass is 571 g/mol. The normalized spacial score (nSPS) is 14.5. The number of rotatable bonds is 8. The minimum Gasteiger partial charge on any atom is -0.497 e. The minimum atomic E-state index is -0.312. The van der Waals surface area contributed by atoms with Gasteiger partial charge in [-0.2, -0.15) is 0 Å². The van der Waals surface area contributed by atoms with Crippen LogP contribution in [0.4, 0.5) is 4.79 Å². The predicted octanol–water partition coefficient (Wildman–Crippen LogP) is 7.52. The standard InChI is InChI=1S/C32H30BrNO4/c1-36-27-12-14-29-25(18-27)16-17-34(32(35)38-22-24-10-6-3-7-11-24)31(29)20-26-19-28(13-15-30(26)33)37-21-23-8-4-2-5-9-23/h2-15,18-19,31H,16-17,20-22H2,1H3. The molecular formula is C32H30BrNO4. The van der Waals surface area contributed by atoms with Crippen LogP contribution < -0.4 is 9.47 Å². The van der Waals surface area contributed by atoms with Crippen LogP contribution in [-0.4, -0.2) is 24.6 Å². The fourth-order valence-corrected chi connectivity index (χ4v) is 5.21. The van der Waals surface area contributed by atoms with Crippen molar-refractivity contribution in [2.45, 2.75) is 32.1 Å². The summed E-state index contributed by atoms with van der Waals surface area (Å²) in [5, 5.41) is 0. The van der Waals surface area contributed by atoms with Crippen LogP contribution in [0.1, 0.15) is 33.9 Å². The molecule has 38 heavy (non-hydrogen) atoms. The van der Waals surface area contributed by atoms with E-state index in [-0.39, 0.29) is 18.7 Å². The third-order valence-electron chi connectivity index (χ3n) is 6.83. The molecule has 0 N–H and O–H groups in total. The maximum absolute atomic E-state index is 13.4. The molecule has 4 aromatic carbocycles. The highest BCUT2D eigenvalue weighted by molar-refractivity contribution is 9.10. The lowest BCUT2D eigenvalue weighted by Crippen LogP contribution is -2.41. The number of benzene rings is 4. The van der Waals surface area contributed by atoms with Gasteiger partial charge in [-0.15, -0.1) is 0 Å². The average molecular weight is 572 g/mol. The lowest BCUT2D eigenvalue weighted by atomic mass is 9.88. The number of carbonyl (C=O) groups excluding carboxylic acids is 1. The number of hydrogen-bond acceptors (Lipinski definition) is 4. The molecule has 1 atom stereocenters. The molecule has 0 aromatic heterocycles. The largest absolute Gasteiger partial charge is 0.497 e. The molecule has 6 heteroatoms. The molecule has 194 valence electrons. The molecule has 0 saturated heterocycles. The summed E-state index contributed by atoms with van der Waals surface area (Å²) in [6.07, 6.45) is 1.04. The number of carbonyl (C=O) groups is 1. The second-order valence-electron chi connectivity index (χ2n) is 9.30. The summed E-state index contributed by atoms with van der Waals surface area (Å²) in [5.74, 6) is 1.61. The number of halogens is 1. The fraction of sp³-hybridized carbons (Fsp3) is 0.219. The predicted molar refractivity (Wildman–Crippen MR) is 151 cm³/mol. The van der Waals surface area contributed by atoms with Gasteiger partial charge in [-0.05, 0) is 71.0 Å². The first-order valence-corrected chi connectivity index (χ1v) is 13.5. The van der Waals surface area contributed by atoms with Crippen molar-refractivity contribution in [2.24, 2.45) is 0 Å². The van der Waals surface area contributed by atoms with Crippen molar-refractivity contribution in [3.8, 4) is 11.5 Å². The lowest BCUT2D eigenvalue weighted by Gasteiger charge is -2.37. The topological polar surface area (TPSA) is 48.0 Å². The Morgan fingerprint density at radius 1 is 0.868 bits per heavy atom. The zero-order valence-electron chi connectivity index (χ0n) is 21.3. The van der Waals surface area contributed by atoms with Crippen LogP contribution in [0.3, 0.4) is 0 Å². The second-order valence-corrected chi connectivity index (χ2v) is 10.2. The summed E-state index contributed by atoms with van der Waals surface area (Å²) in [7, 11) is 1.67. The van der Waals surface area contributed by atoms with Gasteiger partial charge in [-0.1, -0.05) is 82.7 Å². The van der Waals surface area contributed by atoms with Crippen molar-refractivity contribution < 1.29 is 19.0 Å². The first-order chi connectivity index (χ1) is 18.6. The molecule has 4 aromatic rings. The Morgan fingerprint density at radius 3 is 2.26 bits per heavy atom. The van der Waals surface area contributed by atoms with Crippen molar-refractivity contribution in [1.82, 2.24) is 4.90 Å². The Kier molecular flexibility index (Phi) is 8.29. The zero-order valence-corrected chi connectivity index (χ0v) is 22.9. The van der Waals surface area contributed by atoms with Crippen LogP contribution in [0, 0.1) is 0 Å². The number of nitrogens with zero attached hydrogens (tertiary/aromatic N) is 1. The van der Waals surface area contributed by atoms with Gasteiger partial charge in [-0.3, -0.25) is 0 Å². The third kappa shape index (κ3) is 6.20. The molecule has 0 radical (unpaired) electrons. The maximum atomic E-state index is 13.4. The van der Waals surface area contributed by atoms with E-state index in [1.807, 2.05) is 83.8 Å². The summed E-state index contributed by atoms with van der Waals surface area (Å²) in [6, 6.07) is 31.8. The molecule has 0 spiro atoms. The van der Waals surface area contributed by atoms with Gasteiger partial charge in [0.2, 0.25) is 0 Å². The molecule has 5 rings (SSSR count). The highest BCUT2D eigenvalue weighted by atomic mass is 79.9. The first-order valence-electron chi connectivity index (χ1n) is 12.7. The molecule has 1 aliphatic heterocycles. The molecule has 1 amide bonds. The number of fused-ring (bicyclic) bond motifs is 1. The average Bonchev–Trinajstić information content (AvgIpc) is 2.97. The minimum absolute atomic E-state index is 0.186. The molecular weight excluding hydrogens is 542 g/mol. The van der Waals surface area contributed by atoms with Gasteiger partial charge < -0.3 is 19.1 Å². The summed E-state index contributed by atoms with van der Waals surface area (Å²) in [4.78, 5) is 15.2. The number of methoxy groups -OCH3 is 1. The molecule has 0 bridgehead atoms. The van der Waals surface area contributed by atoms with E-state index in [0.717, 1.165) is 44.6 Å². The maximum Gasteiger partial charge on any atom is 0.410 e. The summed E-state index contributed by atoms with van der Waals surface area (Å²) < 4.78 is 18.3. The molecule has 0 aliphatic carbocycles. The Morgan fingerprint density at radius 2 is 1.55 bits per heavy atom. The van der Waals surface area contributed by atoms with Crippen LogP contribution in [0.25, 0.3) is 0 Å². The second kappa shape index (κ2) is 12.2. The van der Waals surface area contributed by atoms with Crippen LogP contribution in [-0.2, 0) is 30.8 Å². The van der Waals surface area contributed by atoms with E-state index in [1.54, 1.807) is 7.11 Å². The molecule has 0 saturated carbocycles. The Bertz CT molecular complexity index is 1380. The van der Waals surface area contributed by atoms with Gasteiger partial charge >= 0.3 is 6.09 Å². The third-order valence-corrected chi connectivity index (χ3v) is 7.60. The molecule has 1 unspecified atom stereocenters. The quantitative estimate of drug-likeness (QED) is 0.219. The Balaban J connectivity index is 1.39. The van der Waals surface area contributed by atoms with E-state index >= 15 is 0 Å². The van der Waals surface area contributed by atoms with Gasteiger partial charge in [0.15, 0.2) is 0 Å². The van der Waals surface area contributed by atoms with E-state index in [9.17, 15) is 4.79 Å². The van der Waals surface area contributed by atoms with Crippen molar-refractivity contribution in [2.75, 3.05) is 13.7 Å². The summed E-state index contributed by atoms with van der Waals surface area (Å²) in [5.41, 5.74) is 5.43. The van der Waals surface area contributed by atoms with Gasteiger partial charge in [0, 0.05) is 11.0 Å². The zero-order chi connectivity index (χ0) is 26.3. The van der Waals surface area contributed by atoms with E-state index in [4.69, 9.17) is 14.2 Å². The van der Waals surface area contributed by atoms with Crippen molar-refractivity contribution in [3.05, 3.63) is 129 Å². The summed E-state index contributed by atoms with van der Waals surface area (Å²) in [6.45, 7) is 1.30. The van der Waals surface area contributed by atoms with Gasteiger partial charge in [0.05, 0.1) is 13.2 Å². The van der Waals surface area contributed by atoms with Crippen molar-refractivity contribution in [1.29, 1.82) is 0 Å². The van der Waals surface area contributed by atoms with Gasteiger partial charge in [-0.25, -0.2) is 4.79 Å². The van der Waals surface area contributed by atoms with Crippen LogP contribution >= 0.6 is 15.9 Å². The highest BCUT2D eigenvalue weighted by Gasteiger charge is 2.33. The van der Waals surface area contributed by atoms with Crippen molar-refractivity contribution in [3.63, 3.8) is 0 Å². The van der Waals surface area contributed by atoms with Crippen LogP contribution in [0.2, 0.25) is 0 Å². The van der Waals surface area contributed by atoms with Crippen molar-refractivity contribution >= 4 is 22.0 Å². The lowest BCUT2D eigenvalue weighted by molar-refractivity contribution is 0.0768. The van der Waals surface area contributed by atoms with E-state index in [1.165, 1.54) is 5.56 Å². The van der Waals surface area contributed by atoms with E-state index in [0.29, 0.717) is 19.6 Å². The first kappa shape index (κ1) is 25.9. The fourth-order valence-electron chi connectivity index (χ4n) is 4.80. The molecule has 1 heterocycles. The molecule has 0 fully saturated rings. The highest BCUT2D eigenvalue weighted by Crippen LogP contribution is 2.37. The Hall–Kier alpha value is -3.77. The van der Waals surface area contributed by atoms with Gasteiger partial charge in [0.1, 0.15) is 24.7 Å². The Labute approximate surface area is 232 Å². The number of ether oxygens (including phenoxy) is 3. The SMILES string of the molecule is COc1ccc2c(c1)CCN(C(=O)OCc1ccccc1)C2Cc1cc(OCc2ccccc2)ccc1Br. The van der Waals surface area contributed by atoms with E-state index in [2.05, 4.69) is 34.1 Å². The summed E-state index contributed by atoms with van der Waals surface area (Å²) >= 11 is 3.72. The van der Waals surface area contributed by atoms with Gasteiger partial charge in [0.25, 0.3) is 0 Å². The van der Waals surface area contributed by atoms with Crippen LogP contribution in [0.15, 0.2) is 102 Å². The molecule has 1 aliphatic rings.